The molecule has 3 aromatic rings. The number of nitrogens with zero attached hydrogens (tertiary/aromatic N) is 3. The van der Waals surface area contributed by atoms with E-state index in [0.29, 0.717) is 35.2 Å². The van der Waals surface area contributed by atoms with Gasteiger partial charge in [-0.1, -0.05) is 0 Å². The topological polar surface area (TPSA) is 113 Å². The number of nitriles is 1. The predicted octanol–water partition coefficient (Wildman–Crippen LogP) is 3.38. The number of aliphatic carboxylic acids is 1. The molecule has 148 valence electrons. The molecule has 0 aliphatic heterocycles. The average molecular weight is 428 g/mol. The lowest BCUT2D eigenvalue weighted by Gasteiger charge is -2.37. The average Bonchev–Trinajstić information content (AvgIpc) is 3.10. The van der Waals surface area contributed by atoms with Crippen molar-refractivity contribution in [3.63, 3.8) is 0 Å². The van der Waals surface area contributed by atoms with E-state index in [2.05, 4.69) is 11.1 Å². The lowest BCUT2D eigenvalue weighted by atomic mass is 9.84. The van der Waals surface area contributed by atoms with Crippen LogP contribution in [0.25, 0.3) is 16.8 Å². The summed E-state index contributed by atoms with van der Waals surface area (Å²) in [7, 11) is -3.46. The summed E-state index contributed by atoms with van der Waals surface area (Å²) in [4.78, 5) is 16.9. The van der Waals surface area contributed by atoms with Crippen molar-refractivity contribution in [1.29, 1.82) is 5.26 Å². The van der Waals surface area contributed by atoms with Crippen molar-refractivity contribution in [3.8, 4) is 17.3 Å². The van der Waals surface area contributed by atoms with E-state index in [1.807, 2.05) is 0 Å². The Kier molecular flexibility index (Phi) is 4.63. The van der Waals surface area contributed by atoms with Gasteiger partial charge in [-0.2, -0.15) is 5.26 Å². The zero-order valence-electron chi connectivity index (χ0n) is 15.5. The van der Waals surface area contributed by atoms with Crippen LogP contribution in [0.2, 0.25) is 0 Å². The number of hydrogen-bond donors (Lipinski definition) is 1. The van der Waals surface area contributed by atoms with Gasteiger partial charge < -0.3 is 9.51 Å². The molecule has 0 saturated heterocycles. The molecule has 3 heterocycles. The Bertz CT molecular complexity index is 1280. The van der Waals surface area contributed by atoms with Crippen LogP contribution in [0.15, 0.2) is 52.6 Å². The van der Waals surface area contributed by atoms with Crippen molar-refractivity contribution in [2.45, 2.75) is 33.8 Å². The van der Waals surface area contributed by atoms with Crippen LogP contribution in [0.1, 0.15) is 24.8 Å². The lowest BCUT2D eigenvalue weighted by molar-refractivity contribution is -0.142. The maximum Gasteiger partial charge on any atom is 0.320 e. The minimum Gasteiger partial charge on any atom is -0.480 e. The van der Waals surface area contributed by atoms with Gasteiger partial charge in [-0.15, -0.1) is 11.8 Å². The molecular weight excluding hydrogens is 410 g/mol. The number of thioether (sulfide) groups is 1. The van der Waals surface area contributed by atoms with Gasteiger partial charge in [0.1, 0.15) is 10.8 Å². The minimum atomic E-state index is -3.46. The third-order valence-electron chi connectivity index (χ3n) is 5.20. The number of carbonyl (C=O) groups is 1. The van der Waals surface area contributed by atoms with Crippen molar-refractivity contribution in [2.75, 3.05) is 6.26 Å². The van der Waals surface area contributed by atoms with Crippen LogP contribution in [0.4, 0.5) is 0 Å². The fourth-order valence-corrected chi connectivity index (χ4v) is 5.44. The maximum absolute atomic E-state index is 12.0. The van der Waals surface area contributed by atoms with E-state index < -0.39 is 20.6 Å². The first-order valence-electron chi connectivity index (χ1n) is 8.87. The molecule has 1 aliphatic carbocycles. The van der Waals surface area contributed by atoms with Crippen LogP contribution >= 0.6 is 11.8 Å². The molecule has 0 bridgehead atoms. The molecule has 0 radical (unpaired) electrons. The van der Waals surface area contributed by atoms with E-state index in [-0.39, 0.29) is 4.90 Å². The van der Waals surface area contributed by atoms with Crippen molar-refractivity contribution >= 4 is 33.1 Å². The summed E-state index contributed by atoms with van der Waals surface area (Å²) in [5.41, 5.74) is 2.16. The molecular formula is C20H17N3O4S2. The van der Waals surface area contributed by atoms with Gasteiger partial charge in [-0.05, 0) is 43.5 Å². The van der Waals surface area contributed by atoms with Gasteiger partial charge in [0, 0.05) is 35.3 Å². The fraction of sp³-hybridized carbons (Fsp3) is 0.250. The molecule has 29 heavy (non-hydrogen) atoms. The molecule has 0 atom stereocenters. The highest BCUT2D eigenvalue weighted by molar-refractivity contribution is 8.01. The summed E-state index contributed by atoms with van der Waals surface area (Å²) in [6, 6.07) is 8.70. The van der Waals surface area contributed by atoms with Crippen LogP contribution in [-0.2, 0) is 14.6 Å². The molecule has 3 aromatic heterocycles. The third-order valence-corrected chi connectivity index (χ3v) is 7.83. The first-order chi connectivity index (χ1) is 13.7. The highest BCUT2D eigenvalue weighted by Gasteiger charge is 2.45. The molecule has 0 amide bonds. The van der Waals surface area contributed by atoms with Gasteiger partial charge in [-0.25, -0.2) is 8.42 Å². The van der Waals surface area contributed by atoms with E-state index in [4.69, 9.17) is 0 Å². The lowest BCUT2D eigenvalue weighted by Crippen LogP contribution is -2.41. The van der Waals surface area contributed by atoms with Gasteiger partial charge >= 0.3 is 5.97 Å². The van der Waals surface area contributed by atoms with E-state index in [9.17, 15) is 23.6 Å². The number of carboxylic acid groups (broad SMARTS) is 1. The van der Waals surface area contributed by atoms with Crippen molar-refractivity contribution in [1.82, 2.24) is 9.38 Å². The second-order valence-corrected chi connectivity index (χ2v) is 10.5. The molecule has 1 fully saturated rings. The molecule has 0 unspecified atom stereocenters. The van der Waals surface area contributed by atoms with Crippen LogP contribution in [0.3, 0.4) is 0 Å². The van der Waals surface area contributed by atoms with Crippen LogP contribution in [0, 0.1) is 11.3 Å². The summed E-state index contributed by atoms with van der Waals surface area (Å²) in [6.07, 6.45) is 7.91. The number of rotatable bonds is 5. The Labute approximate surface area is 171 Å². The summed E-state index contributed by atoms with van der Waals surface area (Å²) in [6.45, 7) is 0. The minimum absolute atomic E-state index is 0.112. The van der Waals surface area contributed by atoms with Crippen LogP contribution in [0.5, 0.6) is 0 Å². The number of pyridine rings is 2. The number of fused-ring (bicyclic) bond motifs is 1. The Hall–Kier alpha value is -2.83. The highest BCUT2D eigenvalue weighted by atomic mass is 32.2. The number of hydrogen-bond acceptors (Lipinski definition) is 6. The molecule has 1 aliphatic rings. The monoisotopic (exact) mass is 427 g/mol. The van der Waals surface area contributed by atoms with Crippen molar-refractivity contribution < 1.29 is 18.3 Å². The highest BCUT2D eigenvalue weighted by Crippen LogP contribution is 2.49. The Morgan fingerprint density at radius 3 is 2.69 bits per heavy atom. The van der Waals surface area contributed by atoms with E-state index in [1.54, 1.807) is 35.0 Å². The Morgan fingerprint density at radius 2 is 2.10 bits per heavy atom. The Balaban J connectivity index is 1.91. The van der Waals surface area contributed by atoms with E-state index in [1.165, 1.54) is 24.0 Å². The van der Waals surface area contributed by atoms with Gasteiger partial charge in [0.2, 0.25) is 0 Å². The zero-order valence-corrected chi connectivity index (χ0v) is 17.1. The number of carboxylic acids is 1. The fourth-order valence-electron chi connectivity index (χ4n) is 3.42. The first kappa shape index (κ1) is 19.5. The smallest absolute Gasteiger partial charge is 0.320 e. The molecule has 7 nitrogen and oxygen atoms in total. The third kappa shape index (κ3) is 3.28. The van der Waals surface area contributed by atoms with Gasteiger partial charge in [0.15, 0.2) is 9.84 Å². The standard InChI is InChI=1S/C20H17N3O4S2/c1-29(26,27)14-9-17-13(10-21)3-4-16(23(17)12-14)15-11-22-8-5-18(15)28-20(19(24)25)6-2-7-20/h3-5,8-9,11-12H,2,6-7H2,1H3,(H,24,25). The first-order valence-corrected chi connectivity index (χ1v) is 11.6. The number of aromatic nitrogens is 2. The van der Waals surface area contributed by atoms with Gasteiger partial charge in [-0.3, -0.25) is 9.78 Å². The van der Waals surface area contributed by atoms with Crippen LogP contribution in [-0.4, -0.2) is 39.9 Å². The summed E-state index contributed by atoms with van der Waals surface area (Å²) in [5.74, 6) is -0.832. The summed E-state index contributed by atoms with van der Waals surface area (Å²) >= 11 is 1.30. The van der Waals surface area contributed by atoms with Gasteiger partial charge in [0.25, 0.3) is 0 Å². The molecule has 0 aromatic carbocycles. The second-order valence-electron chi connectivity index (χ2n) is 7.07. The largest absolute Gasteiger partial charge is 0.480 e. The SMILES string of the molecule is CS(=O)(=O)c1cc2c(C#N)ccc(-c3cnccc3SC3(C(=O)O)CCC3)n2c1. The number of sulfone groups is 1. The maximum atomic E-state index is 12.0. The van der Waals surface area contributed by atoms with Crippen LogP contribution < -0.4 is 0 Å². The molecule has 9 heteroatoms. The molecule has 1 N–H and O–H groups in total. The van der Waals surface area contributed by atoms with E-state index in [0.717, 1.165) is 17.6 Å². The molecule has 4 rings (SSSR count). The van der Waals surface area contributed by atoms with E-state index >= 15 is 0 Å². The zero-order chi connectivity index (χ0) is 20.8. The summed E-state index contributed by atoms with van der Waals surface area (Å²) < 4.78 is 24.9. The summed E-state index contributed by atoms with van der Waals surface area (Å²) in [5, 5.41) is 19.1. The quantitative estimate of drug-likeness (QED) is 0.664. The second kappa shape index (κ2) is 6.90. The van der Waals surface area contributed by atoms with Crippen molar-refractivity contribution in [3.05, 3.63) is 48.4 Å². The molecule has 1 saturated carbocycles. The molecule has 0 spiro atoms. The Morgan fingerprint density at radius 1 is 1.34 bits per heavy atom. The van der Waals surface area contributed by atoms with Gasteiger partial charge in [0.05, 0.1) is 21.7 Å². The normalized spacial score (nSPS) is 15.6. The van der Waals surface area contributed by atoms with Crippen molar-refractivity contribution in [2.24, 2.45) is 0 Å². The predicted molar refractivity (Wildman–Crippen MR) is 109 cm³/mol.